The van der Waals surface area contributed by atoms with Gasteiger partial charge in [0.15, 0.2) is 0 Å². The number of carbonyl (C=O) groups is 1. The minimum atomic E-state index is -0.872. The van der Waals surface area contributed by atoms with Crippen molar-refractivity contribution in [1.29, 1.82) is 0 Å². The van der Waals surface area contributed by atoms with Crippen molar-refractivity contribution in [2.24, 2.45) is 5.92 Å². The van der Waals surface area contributed by atoms with Crippen molar-refractivity contribution in [1.82, 2.24) is 0 Å². The van der Waals surface area contributed by atoms with Gasteiger partial charge in [0.1, 0.15) is 11.1 Å². The van der Waals surface area contributed by atoms with Crippen LogP contribution in [0.15, 0.2) is 23.1 Å². The Morgan fingerprint density at radius 3 is 2.75 bits per heavy atom. The topological polar surface area (TPSA) is 63.3 Å². The Morgan fingerprint density at radius 1 is 1.56 bits per heavy atom. The van der Waals surface area contributed by atoms with Crippen molar-refractivity contribution >= 4 is 23.4 Å². The summed E-state index contributed by atoms with van der Waals surface area (Å²) in [5, 5.41) is 8.48. The summed E-state index contributed by atoms with van der Waals surface area (Å²) in [5.74, 6) is -1.14. The molecule has 0 saturated heterocycles. The maximum Gasteiger partial charge on any atom is 0.317 e. The first-order valence-corrected chi connectivity index (χ1v) is 5.90. The molecule has 0 heterocycles. The maximum atomic E-state index is 13.5. The number of rotatable bonds is 4. The average Bonchev–Trinajstić information content (AvgIpc) is 2.99. The Bertz CT molecular complexity index is 420. The predicted molar refractivity (Wildman–Crippen MR) is 60.8 cm³/mol. The number of hydrogen-bond acceptors (Lipinski definition) is 3. The van der Waals surface area contributed by atoms with Crippen molar-refractivity contribution in [3.63, 3.8) is 0 Å². The molecule has 5 heteroatoms. The molecule has 0 aromatic heterocycles. The van der Waals surface area contributed by atoms with Gasteiger partial charge in [-0.1, -0.05) is 0 Å². The van der Waals surface area contributed by atoms with Gasteiger partial charge in [0, 0.05) is 10.6 Å². The van der Waals surface area contributed by atoms with E-state index in [2.05, 4.69) is 0 Å². The smallest absolute Gasteiger partial charge is 0.317 e. The molecule has 0 bridgehead atoms. The van der Waals surface area contributed by atoms with Crippen LogP contribution in [0.5, 0.6) is 0 Å². The van der Waals surface area contributed by atoms with Crippen LogP contribution in [0, 0.1) is 11.7 Å². The molecule has 1 unspecified atom stereocenters. The molecule has 1 aromatic carbocycles. The molecule has 0 spiro atoms. The molecule has 3 N–H and O–H groups in total. The van der Waals surface area contributed by atoms with Crippen LogP contribution in [-0.2, 0) is 4.79 Å². The van der Waals surface area contributed by atoms with E-state index in [0.29, 0.717) is 10.6 Å². The number of anilines is 1. The van der Waals surface area contributed by atoms with E-state index in [1.807, 2.05) is 0 Å². The van der Waals surface area contributed by atoms with Crippen LogP contribution in [0.3, 0.4) is 0 Å². The largest absolute Gasteiger partial charge is 0.480 e. The van der Waals surface area contributed by atoms with Crippen LogP contribution < -0.4 is 5.73 Å². The molecule has 1 atom stereocenters. The minimum Gasteiger partial charge on any atom is -0.480 e. The zero-order chi connectivity index (χ0) is 11.7. The lowest BCUT2D eigenvalue weighted by Gasteiger charge is -2.11. The van der Waals surface area contributed by atoms with E-state index < -0.39 is 17.0 Å². The van der Waals surface area contributed by atoms with Gasteiger partial charge in [-0.05, 0) is 37.0 Å². The fourth-order valence-corrected chi connectivity index (χ4v) is 2.65. The molecule has 0 amide bonds. The maximum absolute atomic E-state index is 13.5. The zero-order valence-corrected chi connectivity index (χ0v) is 9.34. The van der Waals surface area contributed by atoms with E-state index in [-0.39, 0.29) is 5.92 Å². The molecule has 86 valence electrons. The molecule has 1 fully saturated rings. The lowest BCUT2D eigenvalue weighted by Crippen LogP contribution is -2.18. The van der Waals surface area contributed by atoms with E-state index in [0.717, 1.165) is 24.6 Å². The quantitative estimate of drug-likeness (QED) is 0.627. The summed E-state index contributed by atoms with van der Waals surface area (Å²) in [7, 11) is 0. The molecule has 2 rings (SSSR count). The molecule has 16 heavy (non-hydrogen) atoms. The van der Waals surface area contributed by atoms with Crippen molar-refractivity contribution in [2.75, 3.05) is 5.73 Å². The average molecular weight is 241 g/mol. The number of benzene rings is 1. The Morgan fingerprint density at radius 2 is 2.25 bits per heavy atom. The van der Waals surface area contributed by atoms with Gasteiger partial charge >= 0.3 is 5.97 Å². The van der Waals surface area contributed by atoms with Gasteiger partial charge in [-0.2, -0.15) is 0 Å². The third-order valence-corrected chi connectivity index (χ3v) is 3.93. The van der Waals surface area contributed by atoms with Gasteiger partial charge in [-0.25, -0.2) is 4.39 Å². The summed E-state index contributed by atoms with van der Waals surface area (Å²) >= 11 is 1.07. The fraction of sp³-hybridized carbons (Fsp3) is 0.364. The third kappa shape index (κ3) is 2.47. The first-order chi connectivity index (χ1) is 7.58. The summed E-state index contributed by atoms with van der Waals surface area (Å²) in [6.07, 6.45) is 1.83. The minimum absolute atomic E-state index is 0.180. The highest BCUT2D eigenvalue weighted by atomic mass is 32.2. The fourth-order valence-electron chi connectivity index (χ4n) is 1.50. The number of carboxylic acid groups (broad SMARTS) is 1. The molecular formula is C11H12FNO2S. The highest BCUT2D eigenvalue weighted by molar-refractivity contribution is 8.00. The molecule has 1 aliphatic carbocycles. The van der Waals surface area contributed by atoms with E-state index in [1.165, 1.54) is 12.1 Å². The number of hydrogen-bond donors (Lipinski definition) is 2. The van der Waals surface area contributed by atoms with Crippen LogP contribution in [-0.4, -0.2) is 16.3 Å². The third-order valence-electron chi connectivity index (χ3n) is 2.50. The second-order valence-corrected chi connectivity index (χ2v) is 5.09. The van der Waals surface area contributed by atoms with Gasteiger partial charge in [0.2, 0.25) is 0 Å². The lowest BCUT2D eigenvalue weighted by molar-refractivity contribution is -0.136. The van der Waals surface area contributed by atoms with Crippen molar-refractivity contribution < 1.29 is 14.3 Å². The molecule has 1 aromatic rings. The van der Waals surface area contributed by atoms with E-state index in [9.17, 15) is 9.18 Å². The SMILES string of the molecule is Nc1ccc(SC(C(=O)O)C2CC2)c(F)c1. The van der Waals surface area contributed by atoms with Gasteiger partial charge in [-0.3, -0.25) is 4.79 Å². The summed E-state index contributed by atoms with van der Waals surface area (Å²) < 4.78 is 13.5. The summed E-state index contributed by atoms with van der Waals surface area (Å²) in [6.45, 7) is 0. The van der Waals surface area contributed by atoms with Crippen LogP contribution in [0.25, 0.3) is 0 Å². The Labute approximate surface area is 96.8 Å². The number of nitrogen functional groups attached to an aromatic ring is 1. The number of nitrogens with two attached hydrogens (primary N) is 1. The van der Waals surface area contributed by atoms with Gasteiger partial charge in [-0.15, -0.1) is 11.8 Å². The van der Waals surface area contributed by atoms with Gasteiger partial charge < -0.3 is 10.8 Å². The Hall–Kier alpha value is -1.23. The first-order valence-electron chi connectivity index (χ1n) is 5.02. The highest BCUT2D eigenvalue weighted by Gasteiger charge is 2.37. The van der Waals surface area contributed by atoms with Crippen LogP contribution in [0.2, 0.25) is 0 Å². The molecule has 0 aliphatic heterocycles. The highest BCUT2D eigenvalue weighted by Crippen LogP contribution is 2.42. The Balaban J connectivity index is 2.15. The summed E-state index contributed by atoms with van der Waals surface area (Å²) in [6, 6.07) is 4.33. The molecule has 1 aliphatic rings. The molecule has 3 nitrogen and oxygen atoms in total. The number of aliphatic carboxylic acids is 1. The van der Waals surface area contributed by atoms with Crippen LogP contribution >= 0.6 is 11.8 Å². The molecular weight excluding hydrogens is 229 g/mol. The number of carboxylic acids is 1. The van der Waals surface area contributed by atoms with E-state index in [1.54, 1.807) is 6.07 Å². The lowest BCUT2D eigenvalue weighted by atomic mass is 10.3. The predicted octanol–water partition coefficient (Wildman–Crippen LogP) is 2.36. The van der Waals surface area contributed by atoms with Crippen molar-refractivity contribution in [3.05, 3.63) is 24.0 Å². The second-order valence-electron chi connectivity index (χ2n) is 3.90. The Kier molecular flexibility index (Phi) is 3.05. The first kappa shape index (κ1) is 11.3. The normalized spacial score (nSPS) is 17.1. The van der Waals surface area contributed by atoms with Gasteiger partial charge in [0.25, 0.3) is 0 Å². The molecule has 1 saturated carbocycles. The van der Waals surface area contributed by atoms with E-state index in [4.69, 9.17) is 10.8 Å². The number of thioether (sulfide) groups is 1. The zero-order valence-electron chi connectivity index (χ0n) is 8.52. The van der Waals surface area contributed by atoms with E-state index >= 15 is 0 Å². The van der Waals surface area contributed by atoms with Crippen molar-refractivity contribution in [3.8, 4) is 0 Å². The van der Waals surface area contributed by atoms with Crippen molar-refractivity contribution in [2.45, 2.75) is 23.0 Å². The van der Waals surface area contributed by atoms with Crippen LogP contribution in [0.4, 0.5) is 10.1 Å². The second kappa shape index (κ2) is 4.33. The molecule has 0 radical (unpaired) electrons. The number of halogens is 1. The summed E-state index contributed by atoms with van der Waals surface area (Å²) in [4.78, 5) is 11.4. The standard InChI is InChI=1S/C11H12FNO2S/c12-8-5-7(13)3-4-9(8)16-10(11(14)15)6-1-2-6/h3-6,10H,1-2,13H2,(H,14,15). The van der Waals surface area contributed by atoms with Crippen LogP contribution in [0.1, 0.15) is 12.8 Å². The monoisotopic (exact) mass is 241 g/mol. The van der Waals surface area contributed by atoms with Gasteiger partial charge in [0.05, 0.1) is 0 Å². The summed E-state index contributed by atoms with van der Waals surface area (Å²) in [5.41, 5.74) is 5.77.